The second kappa shape index (κ2) is 6.15. The SMILES string of the molecule is COC(=O)c1cc(C[SH](=O)=O)cc(C(=O)OC)c1. The maximum Gasteiger partial charge on any atom is 0.337 e. The Labute approximate surface area is 105 Å². The van der Waals surface area contributed by atoms with Gasteiger partial charge < -0.3 is 9.47 Å². The number of hydrogen-bond acceptors (Lipinski definition) is 6. The number of carbonyl (C=O) groups is 2. The first-order valence-corrected chi connectivity index (χ1v) is 6.26. The van der Waals surface area contributed by atoms with Crippen molar-refractivity contribution in [3.8, 4) is 0 Å². The molecule has 0 bridgehead atoms. The number of benzene rings is 1. The van der Waals surface area contributed by atoms with Crippen LogP contribution in [0, 0.1) is 0 Å². The minimum atomic E-state index is -2.65. The van der Waals surface area contributed by atoms with E-state index in [2.05, 4.69) is 9.47 Å². The molecule has 0 amide bonds. The first-order chi connectivity index (χ1) is 8.47. The molecule has 18 heavy (non-hydrogen) atoms. The summed E-state index contributed by atoms with van der Waals surface area (Å²) in [4.78, 5) is 22.8. The van der Waals surface area contributed by atoms with Crippen LogP contribution in [0.5, 0.6) is 0 Å². The summed E-state index contributed by atoms with van der Waals surface area (Å²) in [6.07, 6.45) is 0. The van der Waals surface area contributed by atoms with Gasteiger partial charge in [0.1, 0.15) is 10.7 Å². The van der Waals surface area contributed by atoms with Gasteiger partial charge in [0.25, 0.3) is 0 Å². The summed E-state index contributed by atoms with van der Waals surface area (Å²) in [6.45, 7) is 0. The zero-order chi connectivity index (χ0) is 13.7. The van der Waals surface area contributed by atoms with Gasteiger partial charge in [-0.2, -0.15) is 0 Å². The molecule has 0 aliphatic heterocycles. The molecule has 6 nitrogen and oxygen atoms in total. The second-order valence-electron chi connectivity index (χ2n) is 3.39. The minimum absolute atomic E-state index is 0.104. The summed E-state index contributed by atoms with van der Waals surface area (Å²) in [5.41, 5.74) is 0.536. The molecule has 0 atom stereocenters. The standard InChI is InChI=1S/C11H12O6S/c1-16-10(12)8-3-7(6-18(14)15)4-9(5-8)11(13)17-2/h3-5,18H,6H2,1-2H3. The summed E-state index contributed by atoms with van der Waals surface area (Å²) in [5.74, 6) is -1.56. The third-order valence-corrected chi connectivity index (χ3v) is 2.77. The molecule has 0 aliphatic rings. The monoisotopic (exact) mass is 272 g/mol. The van der Waals surface area contributed by atoms with Crippen molar-refractivity contribution in [2.45, 2.75) is 5.75 Å². The Balaban J connectivity index is 3.27. The van der Waals surface area contributed by atoms with Crippen molar-refractivity contribution in [1.82, 2.24) is 0 Å². The lowest BCUT2D eigenvalue weighted by Crippen LogP contribution is -2.08. The van der Waals surface area contributed by atoms with E-state index in [4.69, 9.17) is 0 Å². The lowest BCUT2D eigenvalue weighted by Gasteiger charge is -2.05. The number of rotatable bonds is 4. The van der Waals surface area contributed by atoms with E-state index in [0.717, 1.165) is 0 Å². The zero-order valence-electron chi connectivity index (χ0n) is 9.84. The molecule has 1 aromatic carbocycles. The molecule has 0 heterocycles. The van der Waals surface area contributed by atoms with Crippen molar-refractivity contribution in [3.05, 3.63) is 34.9 Å². The van der Waals surface area contributed by atoms with Gasteiger partial charge in [0, 0.05) is 0 Å². The van der Waals surface area contributed by atoms with E-state index >= 15 is 0 Å². The van der Waals surface area contributed by atoms with Crippen LogP contribution in [-0.4, -0.2) is 34.6 Å². The van der Waals surface area contributed by atoms with E-state index in [1.807, 2.05) is 0 Å². The highest BCUT2D eigenvalue weighted by atomic mass is 32.2. The summed E-state index contributed by atoms with van der Waals surface area (Å²) in [7, 11) is -0.262. The van der Waals surface area contributed by atoms with Crippen LogP contribution in [-0.2, 0) is 25.9 Å². The van der Waals surface area contributed by atoms with Gasteiger partial charge in [0.15, 0.2) is 0 Å². The Hall–Kier alpha value is -1.89. The predicted octanol–water partition coefficient (Wildman–Crippen LogP) is 0.371. The Morgan fingerprint density at radius 1 is 1.00 bits per heavy atom. The van der Waals surface area contributed by atoms with Crippen LogP contribution in [0.3, 0.4) is 0 Å². The first-order valence-electron chi connectivity index (χ1n) is 4.90. The van der Waals surface area contributed by atoms with Crippen molar-refractivity contribution < 1.29 is 27.5 Å². The van der Waals surface area contributed by atoms with Crippen LogP contribution in [0.2, 0.25) is 0 Å². The Morgan fingerprint density at radius 3 is 1.78 bits per heavy atom. The van der Waals surface area contributed by atoms with Crippen LogP contribution in [0.25, 0.3) is 0 Å². The van der Waals surface area contributed by atoms with Crippen molar-refractivity contribution in [1.29, 1.82) is 0 Å². The van der Waals surface area contributed by atoms with E-state index in [9.17, 15) is 18.0 Å². The van der Waals surface area contributed by atoms with Gasteiger partial charge in [-0.3, -0.25) is 0 Å². The molecule has 0 spiro atoms. The fourth-order valence-electron chi connectivity index (χ4n) is 1.40. The van der Waals surface area contributed by atoms with Gasteiger partial charge in [-0.05, 0) is 23.8 Å². The van der Waals surface area contributed by atoms with Crippen LogP contribution in [0.4, 0.5) is 0 Å². The van der Waals surface area contributed by atoms with Crippen LogP contribution in [0.1, 0.15) is 26.3 Å². The number of carbonyl (C=O) groups excluding carboxylic acids is 2. The molecular formula is C11H12O6S. The number of methoxy groups -OCH3 is 2. The van der Waals surface area contributed by atoms with Crippen molar-refractivity contribution in [3.63, 3.8) is 0 Å². The molecule has 7 heteroatoms. The van der Waals surface area contributed by atoms with Crippen LogP contribution >= 0.6 is 0 Å². The van der Waals surface area contributed by atoms with Gasteiger partial charge in [-0.1, -0.05) is 0 Å². The van der Waals surface area contributed by atoms with Gasteiger partial charge in [0.2, 0.25) is 0 Å². The van der Waals surface area contributed by atoms with Crippen LogP contribution in [0.15, 0.2) is 18.2 Å². The third-order valence-electron chi connectivity index (χ3n) is 2.15. The van der Waals surface area contributed by atoms with Crippen LogP contribution < -0.4 is 0 Å². The predicted molar refractivity (Wildman–Crippen MR) is 63.1 cm³/mol. The summed E-state index contributed by atoms with van der Waals surface area (Å²) < 4.78 is 30.4. The number of hydrogen-bond donors (Lipinski definition) is 1. The molecule has 0 saturated carbocycles. The zero-order valence-corrected chi connectivity index (χ0v) is 10.7. The van der Waals surface area contributed by atoms with Gasteiger partial charge in [-0.25, -0.2) is 18.0 Å². The topological polar surface area (TPSA) is 86.7 Å². The highest BCUT2D eigenvalue weighted by Gasteiger charge is 2.13. The van der Waals surface area contributed by atoms with Gasteiger partial charge >= 0.3 is 11.9 Å². The second-order valence-corrected chi connectivity index (χ2v) is 4.37. The average molecular weight is 272 g/mol. The fraction of sp³-hybridized carbons (Fsp3) is 0.273. The molecule has 1 rings (SSSR count). The number of esters is 2. The van der Waals surface area contributed by atoms with Gasteiger partial charge in [0.05, 0.1) is 31.1 Å². The van der Waals surface area contributed by atoms with E-state index in [-0.39, 0.29) is 16.9 Å². The molecule has 0 aliphatic carbocycles. The Morgan fingerprint density at radius 2 is 1.44 bits per heavy atom. The van der Waals surface area contributed by atoms with Crippen molar-refractivity contribution in [2.24, 2.45) is 0 Å². The van der Waals surface area contributed by atoms with Crippen molar-refractivity contribution >= 4 is 22.6 Å². The lowest BCUT2D eigenvalue weighted by atomic mass is 10.1. The molecule has 0 unspecified atom stereocenters. The molecule has 0 N–H and O–H groups in total. The summed E-state index contributed by atoms with van der Waals surface area (Å²) >= 11 is 0. The number of thiol groups is 1. The molecular weight excluding hydrogens is 260 g/mol. The maximum atomic E-state index is 11.4. The van der Waals surface area contributed by atoms with E-state index < -0.39 is 22.6 Å². The largest absolute Gasteiger partial charge is 0.465 e. The van der Waals surface area contributed by atoms with Gasteiger partial charge in [-0.15, -0.1) is 0 Å². The molecule has 98 valence electrons. The lowest BCUT2D eigenvalue weighted by molar-refractivity contribution is 0.0599. The Kier molecular flexibility index (Phi) is 4.85. The normalized spacial score (nSPS) is 10.2. The maximum absolute atomic E-state index is 11.4. The first kappa shape index (κ1) is 14.2. The highest BCUT2D eigenvalue weighted by molar-refractivity contribution is 7.71. The minimum Gasteiger partial charge on any atom is -0.465 e. The molecule has 0 saturated heterocycles. The molecule has 1 aromatic rings. The highest BCUT2D eigenvalue weighted by Crippen LogP contribution is 2.13. The fourth-order valence-corrected chi connectivity index (χ4v) is 1.88. The summed E-state index contributed by atoms with van der Waals surface area (Å²) in [5, 5.41) is 0. The summed E-state index contributed by atoms with van der Waals surface area (Å²) in [6, 6.07) is 4.02. The van der Waals surface area contributed by atoms with E-state index in [1.165, 1.54) is 32.4 Å². The molecule has 0 fully saturated rings. The van der Waals surface area contributed by atoms with Crippen molar-refractivity contribution in [2.75, 3.05) is 14.2 Å². The van der Waals surface area contributed by atoms with E-state index in [1.54, 1.807) is 0 Å². The number of ether oxygens (including phenoxy) is 2. The Bertz CT molecular complexity index is 504. The molecule has 0 radical (unpaired) electrons. The van der Waals surface area contributed by atoms with E-state index in [0.29, 0.717) is 5.56 Å². The quantitative estimate of drug-likeness (QED) is 0.629. The smallest absolute Gasteiger partial charge is 0.337 e. The third kappa shape index (κ3) is 3.56. The molecule has 0 aromatic heterocycles. The average Bonchev–Trinajstić information content (AvgIpc) is 2.35.